The average Bonchev–Trinajstić information content (AvgIpc) is 2.38. The van der Waals surface area contributed by atoms with E-state index in [0.717, 1.165) is 5.56 Å². The zero-order valence-electron chi connectivity index (χ0n) is 9.54. The lowest BCUT2D eigenvalue weighted by Gasteiger charge is -2.15. The van der Waals surface area contributed by atoms with Crippen molar-refractivity contribution in [1.82, 2.24) is 10.7 Å². The third-order valence-electron chi connectivity index (χ3n) is 2.23. The van der Waals surface area contributed by atoms with Gasteiger partial charge in [-0.05, 0) is 5.56 Å². The summed E-state index contributed by atoms with van der Waals surface area (Å²) in [7, 11) is 0. The average molecular weight is 247 g/mol. The molecule has 0 aromatic heterocycles. The van der Waals surface area contributed by atoms with Crippen molar-refractivity contribution >= 4 is 18.0 Å². The minimum atomic E-state index is -0.831. The molecule has 94 valence electrons. The highest BCUT2D eigenvalue weighted by Crippen LogP contribution is 2.03. The highest BCUT2D eigenvalue weighted by molar-refractivity contribution is 6.24. The molecule has 1 aromatic carbocycles. The van der Waals surface area contributed by atoms with E-state index in [9.17, 15) is 9.59 Å². The molecule has 0 saturated heterocycles. The van der Waals surface area contributed by atoms with Crippen LogP contribution in [0.25, 0.3) is 5.53 Å². The third kappa shape index (κ3) is 4.17. The second-order valence-electron chi connectivity index (χ2n) is 3.50. The van der Waals surface area contributed by atoms with Crippen molar-refractivity contribution in [1.29, 1.82) is 0 Å². The molecule has 7 heteroatoms. The van der Waals surface area contributed by atoms with Crippen LogP contribution in [0.4, 0.5) is 0 Å². The van der Waals surface area contributed by atoms with Crippen LogP contribution in [-0.4, -0.2) is 28.9 Å². The van der Waals surface area contributed by atoms with Gasteiger partial charge in [0, 0.05) is 6.42 Å². The molecule has 18 heavy (non-hydrogen) atoms. The maximum atomic E-state index is 11.5. The van der Waals surface area contributed by atoms with E-state index in [1.165, 1.54) is 0 Å². The summed E-state index contributed by atoms with van der Waals surface area (Å²) in [5, 5.41) is 2.38. The fraction of sp³-hybridized carbons (Fsp3) is 0.182. The van der Waals surface area contributed by atoms with E-state index in [1.807, 2.05) is 35.8 Å². The maximum absolute atomic E-state index is 11.5. The number of carbonyl (C=O) groups is 2. The fourth-order valence-corrected chi connectivity index (χ4v) is 1.42. The standard InChI is InChI=1S/C11H13N5O2/c12-14-7-10(17)15-9(11(18)16-13)6-8-4-2-1-3-5-8/h1-5,7,9H,6,13H2,(H,15,17)(H,16,18)/t9-/m0/s1. The van der Waals surface area contributed by atoms with Gasteiger partial charge < -0.3 is 10.8 Å². The van der Waals surface area contributed by atoms with E-state index in [0.29, 0.717) is 6.21 Å². The van der Waals surface area contributed by atoms with Crippen molar-refractivity contribution in [3.8, 4) is 0 Å². The number of hydrogen-bond acceptors (Lipinski definition) is 3. The molecule has 7 nitrogen and oxygen atoms in total. The highest BCUT2D eigenvalue weighted by Gasteiger charge is 2.20. The zero-order chi connectivity index (χ0) is 13.4. The monoisotopic (exact) mass is 247 g/mol. The Morgan fingerprint density at radius 3 is 2.61 bits per heavy atom. The molecule has 0 aliphatic carbocycles. The molecule has 0 aliphatic rings. The Kier molecular flexibility index (Phi) is 5.24. The molecule has 2 amide bonds. The summed E-state index contributed by atoms with van der Waals surface area (Å²) < 4.78 is 0. The van der Waals surface area contributed by atoms with Crippen molar-refractivity contribution < 1.29 is 14.4 Å². The molecule has 0 saturated carbocycles. The van der Waals surface area contributed by atoms with Crippen LogP contribution in [0.1, 0.15) is 5.56 Å². The van der Waals surface area contributed by atoms with E-state index in [4.69, 9.17) is 11.4 Å². The molecule has 4 N–H and O–H groups in total. The smallest absolute Gasteiger partial charge is 0.344 e. The number of amides is 2. The minimum absolute atomic E-state index is 0.287. The Morgan fingerprint density at radius 1 is 1.39 bits per heavy atom. The van der Waals surface area contributed by atoms with Gasteiger partial charge in [-0.3, -0.25) is 15.0 Å². The van der Waals surface area contributed by atoms with Crippen molar-refractivity contribution in [3.63, 3.8) is 0 Å². The quantitative estimate of drug-likeness (QED) is 0.154. The lowest BCUT2D eigenvalue weighted by Crippen LogP contribution is -2.50. The number of hydrazine groups is 1. The van der Waals surface area contributed by atoms with Crippen LogP contribution in [0.15, 0.2) is 30.3 Å². The number of nitrogens with one attached hydrogen (secondary N) is 2. The molecule has 0 radical (unpaired) electrons. The molecular weight excluding hydrogens is 234 g/mol. The van der Waals surface area contributed by atoms with E-state index in [2.05, 4.69) is 10.1 Å². The SMILES string of the molecule is [N-]=[N+]=CC(=O)N[C@@H](Cc1ccccc1)C(=O)NN. The Labute approximate surface area is 104 Å². The summed E-state index contributed by atoms with van der Waals surface area (Å²) in [5.74, 6) is 3.83. The zero-order valence-corrected chi connectivity index (χ0v) is 9.54. The van der Waals surface area contributed by atoms with Crippen molar-refractivity contribution in [2.45, 2.75) is 12.5 Å². The lowest BCUT2D eigenvalue weighted by atomic mass is 10.1. The van der Waals surface area contributed by atoms with Gasteiger partial charge in [0.25, 0.3) is 5.91 Å². The van der Waals surface area contributed by atoms with Gasteiger partial charge in [-0.15, -0.1) is 0 Å². The number of rotatable bonds is 5. The van der Waals surface area contributed by atoms with Crippen LogP contribution in [0.5, 0.6) is 0 Å². The van der Waals surface area contributed by atoms with Gasteiger partial charge in [-0.1, -0.05) is 30.3 Å². The maximum Gasteiger partial charge on any atom is 0.344 e. The van der Waals surface area contributed by atoms with E-state index >= 15 is 0 Å². The van der Waals surface area contributed by atoms with Gasteiger partial charge in [0.05, 0.1) is 0 Å². The van der Waals surface area contributed by atoms with Crippen LogP contribution < -0.4 is 16.6 Å². The number of carbonyl (C=O) groups excluding carboxylic acids is 2. The Morgan fingerprint density at radius 2 is 2.06 bits per heavy atom. The molecule has 0 bridgehead atoms. The Hall–Kier alpha value is -2.50. The van der Waals surface area contributed by atoms with E-state index in [-0.39, 0.29) is 6.42 Å². The largest absolute Gasteiger partial charge is 0.361 e. The first-order valence-electron chi connectivity index (χ1n) is 5.19. The summed E-state index contributed by atoms with van der Waals surface area (Å²) in [6.07, 6.45) is 0.955. The molecule has 0 aliphatic heterocycles. The molecule has 0 fully saturated rings. The van der Waals surface area contributed by atoms with Gasteiger partial charge in [0.1, 0.15) is 6.04 Å². The number of nitrogens with zero attached hydrogens (tertiary/aromatic N) is 2. The van der Waals surface area contributed by atoms with E-state index < -0.39 is 17.9 Å². The van der Waals surface area contributed by atoms with Crippen LogP contribution in [-0.2, 0) is 16.0 Å². The predicted octanol–water partition coefficient (Wildman–Crippen LogP) is -0.996. The number of hydrogen-bond donors (Lipinski definition) is 3. The molecule has 0 heterocycles. The minimum Gasteiger partial charge on any atom is -0.361 e. The third-order valence-corrected chi connectivity index (χ3v) is 2.23. The van der Waals surface area contributed by atoms with Gasteiger partial charge >= 0.3 is 12.1 Å². The van der Waals surface area contributed by atoms with Crippen LogP contribution in [0.3, 0.4) is 0 Å². The molecule has 0 spiro atoms. The van der Waals surface area contributed by atoms with E-state index in [1.54, 1.807) is 0 Å². The molecule has 1 aromatic rings. The summed E-state index contributed by atoms with van der Waals surface area (Å²) >= 11 is 0. The summed E-state index contributed by atoms with van der Waals surface area (Å²) in [5.41, 5.74) is 11.1. The Bertz CT molecular complexity index is 468. The first-order valence-corrected chi connectivity index (χ1v) is 5.19. The van der Waals surface area contributed by atoms with Gasteiger partial charge in [-0.25, -0.2) is 5.84 Å². The highest BCUT2D eigenvalue weighted by atomic mass is 16.2. The molecule has 1 atom stereocenters. The summed E-state index contributed by atoms with van der Waals surface area (Å²) in [4.78, 5) is 25.3. The van der Waals surface area contributed by atoms with Crippen LogP contribution in [0, 0.1) is 0 Å². The normalized spacial score (nSPS) is 10.9. The first kappa shape index (κ1) is 13.6. The van der Waals surface area contributed by atoms with Crippen LogP contribution >= 0.6 is 0 Å². The fourth-order valence-electron chi connectivity index (χ4n) is 1.42. The first-order chi connectivity index (χ1) is 8.67. The summed E-state index contributed by atoms with van der Waals surface area (Å²) in [6, 6.07) is 8.31. The van der Waals surface area contributed by atoms with Crippen LogP contribution in [0.2, 0.25) is 0 Å². The van der Waals surface area contributed by atoms with Crippen molar-refractivity contribution in [2.24, 2.45) is 5.84 Å². The molecule has 0 unspecified atom stereocenters. The van der Waals surface area contributed by atoms with Crippen molar-refractivity contribution in [3.05, 3.63) is 41.4 Å². The number of benzene rings is 1. The lowest BCUT2D eigenvalue weighted by molar-refractivity contribution is -0.127. The van der Waals surface area contributed by atoms with Gasteiger partial charge in [-0.2, -0.15) is 4.79 Å². The molecule has 1 rings (SSSR count). The second kappa shape index (κ2) is 6.95. The summed E-state index contributed by atoms with van der Waals surface area (Å²) in [6.45, 7) is 0. The topological polar surface area (TPSA) is 121 Å². The van der Waals surface area contributed by atoms with Crippen molar-refractivity contribution in [2.75, 3.05) is 0 Å². The Balaban J connectivity index is 2.76. The predicted molar refractivity (Wildman–Crippen MR) is 64.1 cm³/mol. The van der Waals surface area contributed by atoms with Gasteiger partial charge in [0.2, 0.25) is 0 Å². The second-order valence-corrected chi connectivity index (χ2v) is 3.50. The molecular formula is C11H13N5O2. The van der Waals surface area contributed by atoms with Gasteiger partial charge in [0.15, 0.2) is 0 Å². The number of nitrogens with two attached hydrogens (primary N) is 1.